The zero-order valence-corrected chi connectivity index (χ0v) is 16.8. The van der Waals surface area contributed by atoms with Crippen molar-refractivity contribution < 1.29 is 0 Å². The highest BCUT2D eigenvalue weighted by atomic mass is 127. The van der Waals surface area contributed by atoms with Crippen LogP contribution in [0.5, 0.6) is 0 Å². The van der Waals surface area contributed by atoms with E-state index in [2.05, 4.69) is 94.6 Å². The second-order valence-corrected chi connectivity index (χ2v) is 7.50. The maximum absolute atomic E-state index is 8.93. The summed E-state index contributed by atoms with van der Waals surface area (Å²) in [5.74, 6) is 0. The van der Waals surface area contributed by atoms with Gasteiger partial charge in [-0.2, -0.15) is 5.26 Å². The minimum atomic E-state index is 0.690. The summed E-state index contributed by atoms with van der Waals surface area (Å²) in [4.78, 5) is 0. The third-order valence-electron chi connectivity index (χ3n) is 3.77. The summed E-state index contributed by atoms with van der Waals surface area (Å²) in [6, 6.07) is 22.9. The number of halogens is 2. The Labute approximate surface area is 163 Å². The molecule has 0 aliphatic heterocycles. The zero-order valence-electron chi connectivity index (χ0n) is 12.5. The van der Waals surface area contributed by atoms with Crippen LogP contribution in [0.1, 0.15) is 11.1 Å². The Morgan fingerprint density at radius 1 is 0.696 bits per heavy atom. The lowest BCUT2D eigenvalue weighted by molar-refractivity contribution is 1.45. The number of rotatable bonds is 2. The summed E-state index contributed by atoms with van der Waals surface area (Å²) in [5.41, 5.74) is 6.80. The first-order valence-corrected chi connectivity index (χ1v) is 9.31. The molecule has 0 aliphatic carbocycles. The van der Waals surface area contributed by atoms with Gasteiger partial charge in [-0.05, 0) is 86.5 Å². The van der Waals surface area contributed by atoms with Gasteiger partial charge in [0.25, 0.3) is 0 Å². The molecule has 3 rings (SSSR count). The van der Waals surface area contributed by atoms with Crippen LogP contribution in [0.3, 0.4) is 0 Å². The lowest BCUT2D eigenvalue weighted by atomic mass is 9.99. The molecule has 0 spiro atoms. The summed E-state index contributed by atoms with van der Waals surface area (Å²) < 4.78 is 2.50. The minimum absolute atomic E-state index is 0.690. The first kappa shape index (κ1) is 16.5. The van der Waals surface area contributed by atoms with Crippen molar-refractivity contribution in [3.8, 4) is 28.3 Å². The lowest BCUT2D eigenvalue weighted by Gasteiger charge is -2.12. The van der Waals surface area contributed by atoms with E-state index in [0.717, 1.165) is 5.56 Å². The molecule has 112 valence electrons. The van der Waals surface area contributed by atoms with Gasteiger partial charge in [-0.25, -0.2) is 0 Å². The van der Waals surface area contributed by atoms with Crippen molar-refractivity contribution in [2.75, 3.05) is 0 Å². The second kappa shape index (κ2) is 7.02. The maximum atomic E-state index is 8.93. The monoisotopic (exact) mass is 521 g/mol. The Morgan fingerprint density at radius 3 is 1.57 bits per heavy atom. The van der Waals surface area contributed by atoms with Gasteiger partial charge in [-0.1, -0.05) is 54.1 Å². The fourth-order valence-corrected chi connectivity index (χ4v) is 4.02. The molecule has 23 heavy (non-hydrogen) atoms. The van der Waals surface area contributed by atoms with E-state index in [1.165, 1.54) is 29.4 Å². The Bertz CT molecular complexity index is 889. The van der Waals surface area contributed by atoms with Crippen molar-refractivity contribution in [2.24, 2.45) is 0 Å². The Balaban J connectivity index is 2.06. The van der Waals surface area contributed by atoms with Gasteiger partial charge in [-0.15, -0.1) is 0 Å². The van der Waals surface area contributed by atoms with Gasteiger partial charge in [0.2, 0.25) is 0 Å². The first-order valence-electron chi connectivity index (χ1n) is 7.15. The number of hydrogen-bond donors (Lipinski definition) is 0. The smallest absolute Gasteiger partial charge is 0.0991 e. The van der Waals surface area contributed by atoms with Gasteiger partial charge in [0.05, 0.1) is 11.6 Å². The molecule has 3 aromatic carbocycles. The van der Waals surface area contributed by atoms with E-state index in [4.69, 9.17) is 5.26 Å². The van der Waals surface area contributed by atoms with Gasteiger partial charge in [0.15, 0.2) is 0 Å². The molecular weight excluding hydrogens is 508 g/mol. The lowest BCUT2D eigenvalue weighted by Crippen LogP contribution is -1.92. The molecule has 3 aromatic rings. The van der Waals surface area contributed by atoms with Crippen LogP contribution in [0.4, 0.5) is 0 Å². The maximum Gasteiger partial charge on any atom is 0.0991 e. The zero-order chi connectivity index (χ0) is 16.4. The van der Waals surface area contributed by atoms with E-state index in [0.29, 0.717) is 5.56 Å². The molecule has 0 bridgehead atoms. The predicted octanol–water partition coefficient (Wildman–Crippen LogP) is 6.41. The summed E-state index contributed by atoms with van der Waals surface area (Å²) in [5, 5.41) is 8.93. The third-order valence-corrected chi connectivity index (χ3v) is 7.04. The van der Waals surface area contributed by atoms with Crippen molar-refractivity contribution >= 4 is 45.2 Å². The third kappa shape index (κ3) is 3.43. The van der Waals surface area contributed by atoms with Crippen LogP contribution in [0.25, 0.3) is 22.3 Å². The highest BCUT2D eigenvalue weighted by Gasteiger charge is 2.12. The van der Waals surface area contributed by atoms with E-state index in [1.807, 2.05) is 24.3 Å². The topological polar surface area (TPSA) is 23.8 Å². The summed E-state index contributed by atoms with van der Waals surface area (Å²) >= 11 is 4.84. The van der Waals surface area contributed by atoms with Crippen molar-refractivity contribution in [2.45, 2.75) is 6.92 Å². The SMILES string of the molecule is Cc1ccc(-c2ccc(-c3ccc(C#N)cc3)c(I)c2I)cc1. The van der Waals surface area contributed by atoms with Gasteiger partial charge in [0, 0.05) is 7.14 Å². The number of aryl methyl sites for hydroxylation is 1. The molecule has 0 saturated heterocycles. The van der Waals surface area contributed by atoms with Gasteiger partial charge >= 0.3 is 0 Å². The van der Waals surface area contributed by atoms with Crippen LogP contribution in [-0.2, 0) is 0 Å². The van der Waals surface area contributed by atoms with Crippen molar-refractivity contribution in [1.82, 2.24) is 0 Å². The van der Waals surface area contributed by atoms with Crippen LogP contribution in [0, 0.1) is 25.4 Å². The van der Waals surface area contributed by atoms with Crippen LogP contribution < -0.4 is 0 Å². The summed E-state index contributed by atoms with van der Waals surface area (Å²) in [7, 11) is 0. The number of nitrogens with zero attached hydrogens (tertiary/aromatic N) is 1. The fraction of sp³-hybridized carbons (Fsp3) is 0.0500. The number of hydrogen-bond acceptors (Lipinski definition) is 1. The highest BCUT2D eigenvalue weighted by molar-refractivity contribution is 14.1. The van der Waals surface area contributed by atoms with Gasteiger partial charge < -0.3 is 0 Å². The molecule has 0 fully saturated rings. The van der Waals surface area contributed by atoms with Crippen LogP contribution in [0.15, 0.2) is 60.7 Å². The normalized spacial score (nSPS) is 10.3. The molecule has 0 aliphatic rings. The molecule has 0 radical (unpaired) electrons. The molecule has 3 heteroatoms. The molecule has 1 nitrogen and oxygen atoms in total. The Morgan fingerprint density at radius 2 is 1.13 bits per heavy atom. The largest absolute Gasteiger partial charge is 0.192 e. The fourth-order valence-electron chi connectivity index (χ4n) is 2.45. The van der Waals surface area contributed by atoms with E-state index < -0.39 is 0 Å². The average molecular weight is 521 g/mol. The molecule has 0 amide bonds. The van der Waals surface area contributed by atoms with Crippen LogP contribution in [-0.4, -0.2) is 0 Å². The standard InChI is InChI=1S/C20H13I2N/c1-13-2-6-15(7-3-13)17-10-11-18(20(22)19(17)21)16-8-4-14(12-23)5-9-16/h2-11H,1H3. The molecule has 0 unspecified atom stereocenters. The van der Waals surface area contributed by atoms with Crippen LogP contribution >= 0.6 is 45.2 Å². The summed E-state index contributed by atoms with van der Waals surface area (Å²) in [6.45, 7) is 2.10. The highest BCUT2D eigenvalue weighted by Crippen LogP contribution is 2.35. The molecule has 0 heterocycles. The first-order chi connectivity index (χ1) is 11.1. The Hall–Kier alpha value is -1.39. The molecule has 0 N–H and O–H groups in total. The Kier molecular flexibility index (Phi) is 5.02. The second-order valence-electron chi connectivity index (χ2n) is 5.34. The van der Waals surface area contributed by atoms with Crippen molar-refractivity contribution in [1.29, 1.82) is 5.26 Å². The van der Waals surface area contributed by atoms with Crippen LogP contribution in [0.2, 0.25) is 0 Å². The van der Waals surface area contributed by atoms with Crippen molar-refractivity contribution in [3.63, 3.8) is 0 Å². The molecule has 0 atom stereocenters. The van der Waals surface area contributed by atoms with E-state index in [-0.39, 0.29) is 0 Å². The summed E-state index contributed by atoms with van der Waals surface area (Å²) in [6.07, 6.45) is 0. The molecular formula is C20H13I2N. The number of benzene rings is 3. The molecule has 0 aromatic heterocycles. The minimum Gasteiger partial charge on any atom is -0.192 e. The molecule has 0 saturated carbocycles. The van der Waals surface area contributed by atoms with Gasteiger partial charge in [-0.3, -0.25) is 0 Å². The van der Waals surface area contributed by atoms with E-state index in [9.17, 15) is 0 Å². The quantitative estimate of drug-likeness (QED) is 0.358. The predicted molar refractivity (Wildman–Crippen MR) is 112 cm³/mol. The average Bonchev–Trinajstić information content (AvgIpc) is 2.58. The van der Waals surface area contributed by atoms with E-state index in [1.54, 1.807) is 0 Å². The van der Waals surface area contributed by atoms with Gasteiger partial charge in [0.1, 0.15) is 0 Å². The van der Waals surface area contributed by atoms with E-state index >= 15 is 0 Å². The van der Waals surface area contributed by atoms with Crippen molar-refractivity contribution in [3.05, 3.63) is 78.9 Å². The number of nitriles is 1.